The third kappa shape index (κ3) is 4.07. The molecule has 0 radical (unpaired) electrons. The second kappa shape index (κ2) is 6.50. The maximum Gasteiger partial charge on any atom is 0.0914 e. The van der Waals surface area contributed by atoms with Crippen LogP contribution in [0.5, 0.6) is 0 Å². The van der Waals surface area contributed by atoms with Gasteiger partial charge in [-0.3, -0.25) is 0 Å². The maximum atomic E-state index is 10.1. The Bertz CT molecular complexity index is 353. The van der Waals surface area contributed by atoms with Crippen molar-refractivity contribution >= 4 is 15.9 Å². The van der Waals surface area contributed by atoms with Gasteiger partial charge in [0.15, 0.2) is 0 Å². The lowest BCUT2D eigenvalue weighted by molar-refractivity contribution is 0.0639. The number of ether oxygens (including phenoxy) is 1. The number of halogens is 1. The molecule has 0 bridgehead atoms. The van der Waals surface area contributed by atoms with Crippen molar-refractivity contribution in [2.45, 2.75) is 25.0 Å². The molecule has 2 rings (SSSR count). The summed E-state index contributed by atoms with van der Waals surface area (Å²) < 4.78 is 6.38. The van der Waals surface area contributed by atoms with Gasteiger partial charge in [-0.05, 0) is 30.5 Å². The Hall–Kier alpha value is -0.420. The molecule has 0 aliphatic carbocycles. The van der Waals surface area contributed by atoms with E-state index in [1.807, 2.05) is 24.3 Å². The van der Waals surface area contributed by atoms with Crippen LogP contribution < -0.4 is 5.32 Å². The molecule has 1 fully saturated rings. The summed E-state index contributed by atoms with van der Waals surface area (Å²) >= 11 is 3.41. The van der Waals surface area contributed by atoms with E-state index in [9.17, 15) is 5.11 Å². The van der Waals surface area contributed by atoms with Crippen LogP contribution in [0, 0.1) is 0 Å². The molecular formula is C13H18BrNO2. The van der Waals surface area contributed by atoms with Gasteiger partial charge in [-0.1, -0.05) is 28.1 Å². The Kier molecular flexibility index (Phi) is 4.98. The smallest absolute Gasteiger partial charge is 0.0914 e. The summed E-state index contributed by atoms with van der Waals surface area (Å²) in [4.78, 5) is 0. The molecule has 1 aromatic rings. The van der Waals surface area contributed by atoms with Crippen molar-refractivity contribution in [3.8, 4) is 0 Å². The lowest BCUT2D eigenvalue weighted by Crippen LogP contribution is -2.38. The highest BCUT2D eigenvalue weighted by Gasteiger charge is 2.15. The first-order valence-corrected chi connectivity index (χ1v) is 6.79. The standard InChI is InChI=1S/C13H18BrNO2/c14-11-4-1-3-10(7-11)13(16)8-15-12-5-2-6-17-9-12/h1,3-4,7,12-13,15-16H,2,5-6,8-9H2. The van der Waals surface area contributed by atoms with Crippen molar-refractivity contribution in [1.29, 1.82) is 0 Å². The zero-order chi connectivity index (χ0) is 12.1. The van der Waals surface area contributed by atoms with Crippen LogP contribution in [0.3, 0.4) is 0 Å². The lowest BCUT2D eigenvalue weighted by atomic mass is 10.1. The molecule has 3 nitrogen and oxygen atoms in total. The van der Waals surface area contributed by atoms with E-state index in [2.05, 4.69) is 21.2 Å². The molecule has 1 aliphatic rings. The minimum Gasteiger partial charge on any atom is -0.387 e. The van der Waals surface area contributed by atoms with Crippen LogP contribution in [0.4, 0.5) is 0 Å². The van der Waals surface area contributed by atoms with Crippen molar-refractivity contribution in [2.24, 2.45) is 0 Å². The molecule has 4 heteroatoms. The van der Waals surface area contributed by atoms with Gasteiger partial charge in [-0.2, -0.15) is 0 Å². The minimum atomic E-state index is -0.463. The van der Waals surface area contributed by atoms with E-state index in [1.165, 1.54) is 0 Å². The molecule has 1 saturated heterocycles. The Balaban J connectivity index is 1.82. The first-order valence-electron chi connectivity index (χ1n) is 6.00. The molecule has 94 valence electrons. The first kappa shape index (κ1) is 13.0. The predicted octanol–water partition coefficient (Wildman–Crippen LogP) is 2.25. The molecule has 17 heavy (non-hydrogen) atoms. The van der Waals surface area contributed by atoms with Gasteiger partial charge >= 0.3 is 0 Å². The van der Waals surface area contributed by atoms with Crippen LogP contribution in [-0.4, -0.2) is 30.9 Å². The molecule has 1 aromatic carbocycles. The van der Waals surface area contributed by atoms with E-state index in [0.29, 0.717) is 12.6 Å². The van der Waals surface area contributed by atoms with Crippen molar-refractivity contribution in [3.63, 3.8) is 0 Å². The third-order valence-electron chi connectivity index (χ3n) is 2.99. The average Bonchev–Trinajstić information content (AvgIpc) is 2.37. The molecule has 0 saturated carbocycles. The first-order chi connectivity index (χ1) is 8.25. The van der Waals surface area contributed by atoms with Crippen LogP contribution >= 0.6 is 15.9 Å². The highest BCUT2D eigenvalue weighted by atomic mass is 79.9. The fraction of sp³-hybridized carbons (Fsp3) is 0.538. The van der Waals surface area contributed by atoms with Gasteiger partial charge in [0.1, 0.15) is 0 Å². The van der Waals surface area contributed by atoms with Crippen LogP contribution in [0.2, 0.25) is 0 Å². The lowest BCUT2D eigenvalue weighted by Gasteiger charge is -2.24. The van der Waals surface area contributed by atoms with E-state index in [-0.39, 0.29) is 0 Å². The molecule has 0 amide bonds. The normalized spacial score (nSPS) is 22.4. The van der Waals surface area contributed by atoms with Crippen molar-refractivity contribution in [3.05, 3.63) is 34.3 Å². The molecule has 1 aliphatic heterocycles. The quantitative estimate of drug-likeness (QED) is 0.896. The summed E-state index contributed by atoms with van der Waals surface area (Å²) in [6.45, 7) is 2.20. The Morgan fingerprint density at radius 3 is 3.12 bits per heavy atom. The Morgan fingerprint density at radius 2 is 2.41 bits per heavy atom. The highest BCUT2D eigenvalue weighted by Crippen LogP contribution is 2.18. The van der Waals surface area contributed by atoms with Crippen LogP contribution in [0.25, 0.3) is 0 Å². The number of hydrogen-bond acceptors (Lipinski definition) is 3. The number of rotatable bonds is 4. The van der Waals surface area contributed by atoms with Crippen LogP contribution in [0.1, 0.15) is 24.5 Å². The topological polar surface area (TPSA) is 41.5 Å². The number of benzene rings is 1. The van der Waals surface area contributed by atoms with Crippen LogP contribution in [0.15, 0.2) is 28.7 Å². The second-order valence-corrected chi connectivity index (χ2v) is 5.31. The third-order valence-corrected chi connectivity index (χ3v) is 3.49. The minimum absolute atomic E-state index is 0.380. The molecule has 2 N–H and O–H groups in total. The van der Waals surface area contributed by atoms with E-state index in [4.69, 9.17) is 4.74 Å². The monoisotopic (exact) mass is 299 g/mol. The van der Waals surface area contributed by atoms with Gasteiger partial charge in [-0.15, -0.1) is 0 Å². The molecular weight excluding hydrogens is 282 g/mol. The number of nitrogens with one attached hydrogen (secondary N) is 1. The largest absolute Gasteiger partial charge is 0.387 e. The summed E-state index contributed by atoms with van der Waals surface area (Å²) in [6.07, 6.45) is 1.77. The molecule has 2 atom stereocenters. The fourth-order valence-electron chi connectivity index (χ4n) is 2.01. The molecule has 1 heterocycles. The van der Waals surface area contributed by atoms with Crippen LogP contribution in [-0.2, 0) is 4.74 Å². The number of aliphatic hydroxyl groups excluding tert-OH is 1. The number of aliphatic hydroxyl groups is 1. The average molecular weight is 300 g/mol. The van der Waals surface area contributed by atoms with Crippen molar-refractivity contribution in [2.75, 3.05) is 19.8 Å². The zero-order valence-electron chi connectivity index (χ0n) is 9.73. The zero-order valence-corrected chi connectivity index (χ0v) is 11.3. The summed E-state index contributed by atoms with van der Waals surface area (Å²) in [5.74, 6) is 0. The molecule has 2 unspecified atom stereocenters. The summed E-state index contributed by atoms with van der Waals surface area (Å²) in [7, 11) is 0. The molecule has 0 aromatic heterocycles. The Morgan fingerprint density at radius 1 is 1.53 bits per heavy atom. The summed E-state index contributed by atoms with van der Waals surface area (Å²) in [5.41, 5.74) is 0.934. The highest BCUT2D eigenvalue weighted by molar-refractivity contribution is 9.10. The van der Waals surface area contributed by atoms with Gasteiger partial charge in [-0.25, -0.2) is 0 Å². The van der Waals surface area contributed by atoms with Gasteiger partial charge in [0.25, 0.3) is 0 Å². The van der Waals surface area contributed by atoms with E-state index in [0.717, 1.165) is 36.1 Å². The second-order valence-electron chi connectivity index (χ2n) is 4.39. The van der Waals surface area contributed by atoms with E-state index in [1.54, 1.807) is 0 Å². The molecule has 0 spiro atoms. The van der Waals surface area contributed by atoms with Gasteiger partial charge in [0.2, 0.25) is 0 Å². The van der Waals surface area contributed by atoms with Gasteiger partial charge < -0.3 is 15.2 Å². The fourth-order valence-corrected chi connectivity index (χ4v) is 2.43. The predicted molar refractivity (Wildman–Crippen MR) is 70.9 cm³/mol. The SMILES string of the molecule is OC(CNC1CCCOC1)c1cccc(Br)c1. The van der Waals surface area contributed by atoms with E-state index >= 15 is 0 Å². The van der Waals surface area contributed by atoms with Gasteiger partial charge in [0.05, 0.1) is 12.7 Å². The maximum absolute atomic E-state index is 10.1. The van der Waals surface area contributed by atoms with E-state index < -0.39 is 6.10 Å². The number of hydrogen-bond donors (Lipinski definition) is 2. The Labute approximate surface area is 110 Å². The summed E-state index contributed by atoms with van der Waals surface area (Å²) in [6, 6.07) is 8.16. The van der Waals surface area contributed by atoms with Gasteiger partial charge in [0, 0.05) is 23.7 Å². The van der Waals surface area contributed by atoms with Crippen molar-refractivity contribution in [1.82, 2.24) is 5.32 Å². The summed E-state index contributed by atoms with van der Waals surface area (Å²) in [5, 5.41) is 13.4. The van der Waals surface area contributed by atoms with Crippen molar-refractivity contribution < 1.29 is 9.84 Å².